The number of fused-ring (bicyclic) bond motifs is 6. The number of benzene rings is 2. The van der Waals surface area contributed by atoms with Crippen LogP contribution in [-0.2, 0) is 58.9 Å². The molecule has 0 bridgehead atoms. The number of phenols is 2. The van der Waals surface area contributed by atoms with Crippen molar-refractivity contribution in [1.29, 1.82) is 0 Å². The lowest BCUT2D eigenvalue weighted by atomic mass is 9.72. The van der Waals surface area contributed by atoms with Crippen molar-refractivity contribution in [2.24, 2.45) is 5.73 Å². The number of nitrogens with one attached hydrogen (secondary N) is 6. The van der Waals surface area contributed by atoms with E-state index in [0.29, 0.717) is 13.2 Å². The molecule has 3 fully saturated rings. The van der Waals surface area contributed by atoms with E-state index in [2.05, 4.69) is 36.8 Å². The van der Waals surface area contributed by atoms with Crippen LogP contribution in [0.5, 0.6) is 17.2 Å². The maximum Gasteiger partial charge on any atom is 0.252 e. The van der Waals surface area contributed by atoms with Crippen LogP contribution in [-0.4, -0.2) is 183 Å². The van der Waals surface area contributed by atoms with E-state index < -0.39 is 151 Å². The molecule has 6 amide bonds. The molecule has 25 heteroatoms. The molecule has 0 aromatic heterocycles. The lowest BCUT2D eigenvalue weighted by Gasteiger charge is -2.43. The number of phenolic OH excluding ortho intramolecular Hbond substituents is 2. The zero-order valence-electron chi connectivity index (χ0n) is 37.3. The zero-order chi connectivity index (χ0) is 49.0. The summed E-state index contributed by atoms with van der Waals surface area (Å²) >= 11 is 0. The average molecular weight is 955 g/mol. The van der Waals surface area contributed by atoms with E-state index in [9.17, 15) is 53.7 Å². The van der Waals surface area contributed by atoms with Gasteiger partial charge in [-0.3, -0.25) is 43.3 Å². The van der Waals surface area contributed by atoms with Gasteiger partial charge in [-0.05, 0) is 13.0 Å². The highest BCUT2D eigenvalue weighted by Gasteiger charge is 2.55. The molecule has 68 heavy (non-hydrogen) atoms. The highest BCUT2D eigenvalue weighted by Crippen LogP contribution is 2.53. The van der Waals surface area contributed by atoms with Crippen molar-refractivity contribution in [3.8, 4) is 17.2 Å². The Morgan fingerprint density at radius 3 is 2.07 bits per heavy atom. The van der Waals surface area contributed by atoms with E-state index in [1.54, 1.807) is 6.92 Å². The van der Waals surface area contributed by atoms with Crippen LogP contribution in [0.4, 0.5) is 0 Å². The van der Waals surface area contributed by atoms with Crippen LogP contribution in [0.2, 0.25) is 0 Å². The Bertz CT molecular complexity index is 2370. The van der Waals surface area contributed by atoms with Gasteiger partial charge in [0.05, 0.1) is 75.3 Å². The predicted octanol–water partition coefficient (Wildman–Crippen LogP) is -4.19. The second-order valence-corrected chi connectivity index (χ2v) is 16.6. The van der Waals surface area contributed by atoms with Gasteiger partial charge in [0.25, 0.3) is 5.91 Å². The standard InChI is InChI=1S/C43H54N8O17/c1-19-39-22(51-9-10-65-41(64-3)40(51)68-39)11-30(66-19)67-24-13-43(62,12-21-32(24)38(60)34-33(36(21)58)35(57)20-5-4-6-23(63-2)31(20)37(34)59)42(61)46-8-7-45-26(53)15-48-28(55)17-50-29(56)18-49-27(54)16-47-25(52)14-44/h4-6,19,22,24,30,39-41,58,60,62H,7-18,44H2,1-3H3,(H,45,53)(H,46,61)(H,47,52)(H,48,55)(H,49,54)(H,50,56)/t19-,22-,24-,30-,39+,40+,41-,43-/m0/s1. The number of rotatable bonds is 17. The van der Waals surface area contributed by atoms with E-state index in [1.165, 1.54) is 32.4 Å². The fourth-order valence-corrected chi connectivity index (χ4v) is 9.08. The summed E-state index contributed by atoms with van der Waals surface area (Å²) in [6, 6.07) is 4.08. The van der Waals surface area contributed by atoms with Crippen molar-refractivity contribution in [3.05, 3.63) is 51.6 Å². The van der Waals surface area contributed by atoms with Gasteiger partial charge in [0.2, 0.25) is 35.3 Å². The van der Waals surface area contributed by atoms with Gasteiger partial charge >= 0.3 is 0 Å². The minimum atomic E-state index is -2.37. The van der Waals surface area contributed by atoms with Gasteiger partial charge in [-0.2, -0.15) is 0 Å². The highest BCUT2D eigenvalue weighted by atomic mass is 16.7. The van der Waals surface area contributed by atoms with Crippen LogP contribution in [0.3, 0.4) is 0 Å². The molecular weight excluding hydrogens is 901 g/mol. The van der Waals surface area contributed by atoms with E-state index in [4.69, 9.17) is 34.2 Å². The molecular formula is C43H54N8O17. The van der Waals surface area contributed by atoms with Crippen molar-refractivity contribution in [3.63, 3.8) is 0 Å². The number of amides is 6. The Labute approximate surface area is 388 Å². The van der Waals surface area contributed by atoms with Crippen molar-refractivity contribution in [2.45, 2.75) is 74.9 Å². The van der Waals surface area contributed by atoms with Crippen LogP contribution in [0.15, 0.2) is 18.2 Å². The summed E-state index contributed by atoms with van der Waals surface area (Å²) in [5.41, 5.74) is 1.18. The number of ether oxygens (including phenoxy) is 6. The third-order valence-corrected chi connectivity index (χ3v) is 12.3. The normalized spacial score (nSPS) is 25.9. The quantitative estimate of drug-likeness (QED) is 0.0453. The Hall–Kier alpha value is -6.32. The van der Waals surface area contributed by atoms with Gasteiger partial charge < -0.3 is 81.4 Å². The first kappa shape index (κ1) is 49.6. The SMILES string of the molecule is COc1cccc2c1C(=O)c1c(O)c3c(c(O)c1C2=O)C[C@@](O)(C(=O)NCCNC(=O)CNC(=O)CNC(=O)CNC(=O)CNC(=O)CN)C[C@@H]3O[C@H]1C[C@H]2[C@H](O[C@@H]3[C@@H](OC)OCCN32)[C@H](C)O1. The van der Waals surface area contributed by atoms with Crippen LogP contribution in [0, 0.1) is 0 Å². The molecule has 3 heterocycles. The minimum Gasteiger partial charge on any atom is -0.507 e. The van der Waals surface area contributed by atoms with E-state index >= 15 is 0 Å². The number of hydrogen-bond donors (Lipinski definition) is 10. The molecule has 0 spiro atoms. The van der Waals surface area contributed by atoms with Crippen molar-refractivity contribution in [2.75, 3.05) is 73.2 Å². The number of carbonyl (C=O) groups is 8. The molecule has 25 nitrogen and oxygen atoms in total. The molecule has 368 valence electrons. The van der Waals surface area contributed by atoms with Crippen molar-refractivity contribution >= 4 is 47.0 Å². The Kier molecular flexibility index (Phi) is 15.2. The highest BCUT2D eigenvalue weighted by molar-refractivity contribution is 6.31. The van der Waals surface area contributed by atoms with Crippen molar-refractivity contribution in [1.82, 2.24) is 36.8 Å². The van der Waals surface area contributed by atoms with Gasteiger partial charge in [0.15, 0.2) is 24.6 Å². The molecule has 3 aliphatic heterocycles. The first-order valence-corrected chi connectivity index (χ1v) is 21.8. The van der Waals surface area contributed by atoms with Crippen LogP contribution >= 0.6 is 0 Å². The molecule has 7 rings (SSSR count). The lowest BCUT2D eigenvalue weighted by Crippen LogP contribution is -2.55. The molecule has 0 radical (unpaired) electrons. The average Bonchev–Trinajstić information content (AvgIpc) is 3.71. The van der Waals surface area contributed by atoms with E-state index in [0.717, 1.165) is 0 Å². The summed E-state index contributed by atoms with van der Waals surface area (Å²) in [4.78, 5) is 104. The fraction of sp³-hybridized carbons (Fsp3) is 0.535. The lowest BCUT2D eigenvalue weighted by molar-refractivity contribution is -0.256. The molecule has 2 aliphatic carbocycles. The molecule has 2 aromatic carbocycles. The summed E-state index contributed by atoms with van der Waals surface area (Å²) in [7, 11) is 2.82. The van der Waals surface area contributed by atoms with Crippen LogP contribution < -0.4 is 42.4 Å². The third kappa shape index (κ3) is 10.1. The number of ketones is 2. The maximum atomic E-state index is 14.2. The monoisotopic (exact) mass is 954 g/mol. The Morgan fingerprint density at radius 2 is 1.44 bits per heavy atom. The number of aliphatic hydroxyl groups is 1. The molecule has 2 aromatic rings. The Balaban J connectivity index is 1.02. The summed E-state index contributed by atoms with van der Waals surface area (Å²) in [6.07, 6.45) is -5.57. The number of carbonyl (C=O) groups excluding carboxylic acids is 8. The topological polar surface area (TPSA) is 354 Å². The van der Waals surface area contributed by atoms with E-state index in [1.807, 2.05) is 0 Å². The van der Waals surface area contributed by atoms with Gasteiger partial charge in [0.1, 0.15) is 29.0 Å². The molecule has 3 saturated heterocycles. The minimum absolute atomic E-state index is 0.0639. The maximum absolute atomic E-state index is 14.2. The zero-order valence-corrected chi connectivity index (χ0v) is 37.3. The third-order valence-electron chi connectivity index (χ3n) is 12.3. The summed E-state index contributed by atoms with van der Waals surface area (Å²) in [5.74, 6) is -7.31. The van der Waals surface area contributed by atoms with Crippen LogP contribution in [0.1, 0.15) is 68.8 Å². The molecule has 0 saturated carbocycles. The largest absolute Gasteiger partial charge is 0.507 e. The van der Waals surface area contributed by atoms with Crippen LogP contribution in [0.25, 0.3) is 0 Å². The number of nitrogens with zero attached hydrogens (tertiary/aromatic N) is 1. The smallest absolute Gasteiger partial charge is 0.252 e. The first-order valence-electron chi connectivity index (χ1n) is 21.8. The second-order valence-electron chi connectivity index (χ2n) is 16.6. The second kappa shape index (κ2) is 20.9. The van der Waals surface area contributed by atoms with Gasteiger partial charge in [-0.1, -0.05) is 12.1 Å². The fourth-order valence-electron chi connectivity index (χ4n) is 9.08. The summed E-state index contributed by atoms with van der Waals surface area (Å²) in [6.45, 7) is 0.0150. The number of aromatic hydroxyl groups is 2. The Morgan fingerprint density at radius 1 is 0.824 bits per heavy atom. The van der Waals surface area contributed by atoms with Gasteiger partial charge in [-0.15, -0.1) is 0 Å². The number of hydrogen-bond acceptors (Lipinski definition) is 19. The summed E-state index contributed by atoms with van der Waals surface area (Å²) < 4.78 is 35.8. The van der Waals surface area contributed by atoms with Crippen molar-refractivity contribution < 1.29 is 82.1 Å². The number of methoxy groups -OCH3 is 2. The molecule has 5 aliphatic rings. The number of nitrogens with two attached hydrogens (primary N) is 1. The molecule has 0 unspecified atom stereocenters. The molecule has 8 atom stereocenters. The van der Waals surface area contributed by atoms with E-state index in [-0.39, 0.29) is 60.1 Å². The first-order chi connectivity index (χ1) is 32.5. The van der Waals surface area contributed by atoms with Gasteiger partial charge in [0, 0.05) is 68.7 Å². The summed E-state index contributed by atoms with van der Waals surface area (Å²) in [5, 5.41) is 50.2. The predicted molar refractivity (Wildman–Crippen MR) is 229 cm³/mol. The number of morpholine rings is 1. The van der Waals surface area contributed by atoms with Gasteiger partial charge in [-0.25, -0.2) is 0 Å². The molecule has 11 N–H and O–H groups in total.